The van der Waals surface area contributed by atoms with Gasteiger partial charge in [-0.3, -0.25) is 0 Å². The highest BCUT2D eigenvalue weighted by atomic mass is 35.5. The molecule has 0 aromatic rings. The molecule has 0 aromatic heterocycles. The second kappa shape index (κ2) is 2.63. The molecule has 0 N–H and O–H groups in total. The van der Waals surface area contributed by atoms with Crippen molar-refractivity contribution in [3.8, 4) is 0 Å². The van der Waals surface area contributed by atoms with E-state index in [1.807, 2.05) is 6.92 Å². The van der Waals surface area contributed by atoms with Gasteiger partial charge in [0.25, 0.3) is 5.13 Å². The zero-order valence-electron chi connectivity index (χ0n) is 6.43. The molecule has 1 aliphatic heterocycles. The van der Waals surface area contributed by atoms with E-state index in [-0.39, 0.29) is 6.10 Å². The van der Waals surface area contributed by atoms with Crippen LogP contribution in [0.3, 0.4) is 0 Å². The smallest absolute Gasteiger partial charge is 0.360 e. The predicted octanol–water partition coefficient (Wildman–Crippen LogP) is 1.86. The molecule has 11 heavy (non-hydrogen) atoms. The zero-order chi connectivity index (χ0) is 8.65. The van der Waals surface area contributed by atoms with E-state index in [1.165, 1.54) is 0 Å². The largest absolute Gasteiger partial charge is 0.459 e. The molecular weight excluding hydrogens is 171 g/mol. The van der Waals surface area contributed by atoms with Gasteiger partial charge >= 0.3 is 5.97 Å². The summed E-state index contributed by atoms with van der Waals surface area (Å²) in [6, 6.07) is 0. The van der Waals surface area contributed by atoms with Crippen molar-refractivity contribution >= 4 is 17.6 Å². The molecule has 1 fully saturated rings. The molecule has 64 valence electrons. The molecule has 1 saturated heterocycles. The summed E-state index contributed by atoms with van der Waals surface area (Å²) in [6.45, 7) is 3.40. The fourth-order valence-corrected chi connectivity index (χ4v) is 1.36. The highest BCUT2D eigenvalue weighted by Gasteiger charge is 2.54. The number of rotatable bonds is 1. The first-order valence-electron chi connectivity index (χ1n) is 3.59. The molecule has 0 unspecified atom stereocenters. The number of ether oxygens (including phenoxy) is 1. The van der Waals surface area contributed by atoms with Crippen LogP contribution in [0.1, 0.15) is 20.3 Å². The van der Waals surface area contributed by atoms with E-state index >= 15 is 0 Å². The lowest BCUT2D eigenvalue weighted by molar-refractivity contribution is -0.146. The number of alkyl halides is 2. The van der Waals surface area contributed by atoms with Crippen molar-refractivity contribution in [1.29, 1.82) is 0 Å². The zero-order valence-corrected chi connectivity index (χ0v) is 7.19. The Bertz CT molecular complexity index is 181. The molecule has 0 aliphatic carbocycles. The Morgan fingerprint density at radius 3 is 2.55 bits per heavy atom. The average Bonchev–Trinajstić information content (AvgIpc) is 2.14. The van der Waals surface area contributed by atoms with E-state index in [9.17, 15) is 9.18 Å². The normalized spacial score (nSPS) is 44.2. The van der Waals surface area contributed by atoms with Crippen molar-refractivity contribution in [1.82, 2.24) is 0 Å². The lowest BCUT2D eigenvalue weighted by atomic mass is 10.0. The Morgan fingerprint density at radius 2 is 2.36 bits per heavy atom. The van der Waals surface area contributed by atoms with Gasteiger partial charge in [-0.2, -0.15) is 0 Å². The van der Waals surface area contributed by atoms with E-state index in [0.29, 0.717) is 6.42 Å². The SMILES string of the molecule is CC[C@H]1OC(=O)[C@@](F)(Cl)[C@H]1C. The third-order valence-electron chi connectivity index (χ3n) is 2.06. The summed E-state index contributed by atoms with van der Waals surface area (Å²) in [6.07, 6.45) is 0.232. The minimum Gasteiger partial charge on any atom is -0.459 e. The van der Waals surface area contributed by atoms with Crippen molar-refractivity contribution < 1.29 is 13.9 Å². The van der Waals surface area contributed by atoms with Crippen molar-refractivity contribution in [2.24, 2.45) is 5.92 Å². The molecule has 0 bridgehead atoms. The summed E-state index contributed by atoms with van der Waals surface area (Å²) < 4.78 is 17.8. The number of hydrogen-bond donors (Lipinski definition) is 0. The summed E-state index contributed by atoms with van der Waals surface area (Å²) in [5.41, 5.74) is 0. The van der Waals surface area contributed by atoms with E-state index in [0.717, 1.165) is 0 Å². The molecule has 0 amide bonds. The maximum atomic E-state index is 13.1. The molecule has 1 rings (SSSR count). The fraction of sp³-hybridized carbons (Fsp3) is 0.857. The molecule has 0 saturated carbocycles. The first-order chi connectivity index (χ1) is 5.00. The molecular formula is C7H10ClFO2. The number of cyclic esters (lactones) is 1. The summed E-state index contributed by atoms with van der Waals surface area (Å²) in [5, 5.41) is -2.30. The van der Waals surface area contributed by atoms with E-state index in [4.69, 9.17) is 16.3 Å². The molecule has 0 aromatic carbocycles. The van der Waals surface area contributed by atoms with Crippen LogP contribution in [0, 0.1) is 5.92 Å². The molecule has 3 atom stereocenters. The van der Waals surface area contributed by atoms with Crippen LogP contribution in [0.2, 0.25) is 0 Å². The Hall–Kier alpha value is -0.310. The van der Waals surface area contributed by atoms with Crippen molar-refractivity contribution in [3.63, 3.8) is 0 Å². The lowest BCUT2D eigenvalue weighted by Crippen LogP contribution is -2.28. The minimum absolute atomic E-state index is 0.370. The quantitative estimate of drug-likeness (QED) is 0.455. The van der Waals surface area contributed by atoms with Crippen LogP contribution in [0.4, 0.5) is 4.39 Å². The Balaban J connectivity index is 2.80. The summed E-state index contributed by atoms with van der Waals surface area (Å²) in [5.74, 6) is -1.50. The second-order valence-electron chi connectivity index (χ2n) is 2.76. The fourth-order valence-electron chi connectivity index (χ4n) is 1.17. The Morgan fingerprint density at radius 1 is 1.82 bits per heavy atom. The first kappa shape index (κ1) is 8.78. The second-order valence-corrected chi connectivity index (χ2v) is 3.31. The third-order valence-corrected chi connectivity index (χ3v) is 2.56. The third kappa shape index (κ3) is 1.22. The summed E-state index contributed by atoms with van der Waals surface area (Å²) in [7, 11) is 0. The van der Waals surface area contributed by atoms with Gasteiger partial charge in [-0.15, -0.1) is 0 Å². The number of esters is 1. The van der Waals surface area contributed by atoms with Crippen molar-refractivity contribution in [2.75, 3.05) is 0 Å². The van der Waals surface area contributed by atoms with Crippen LogP contribution in [0.15, 0.2) is 0 Å². The highest BCUT2D eigenvalue weighted by molar-refractivity contribution is 6.33. The topological polar surface area (TPSA) is 26.3 Å². The Kier molecular flexibility index (Phi) is 2.10. The average molecular weight is 181 g/mol. The van der Waals surface area contributed by atoms with Crippen LogP contribution < -0.4 is 0 Å². The van der Waals surface area contributed by atoms with Gasteiger partial charge < -0.3 is 4.74 Å². The number of hydrogen-bond acceptors (Lipinski definition) is 2. The van der Waals surface area contributed by atoms with Crippen LogP contribution >= 0.6 is 11.6 Å². The Labute approximate surface area is 69.7 Å². The lowest BCUT2D eigenvalue weighted by Gasteiger charge is -2.13. The van der Waals surface area contributed by atoms with Gasteiger partial charge in [-0.25, -0.2) is 9.18 Å². The molecule has 1 heterocycles. The maximum absolute atomic E-state index is 13.1. The predicted molar refractivity (Wildman–Crippen MR) is 39.0 cm³/mol. The maximum Gasteiger partial charge on any atom is 0.360 e. The standard InChI is InChI=1S/C7H10ClFO2/c1-3-5-4(2)7(8,9)6(10)11-5/h4-5H,3H2,1-2H3/t4-,5+,7+/m0/s1. The van der Waals surface area contributed by atoms with E-state index < -0.39 is 17.0 Å². The van der Waals surface area contributed by atoms with Gasteiger partial charge in [-0.05, 0) is 6.42 Å². The van der Waals surface area contributed by atoms with Crippen molar-refractivity contribution in [2.45, 2.75) is 31.5 Å². The van der Waals surface area contributed by atoms with Crippen LogP contribution in [0.25, 0.3) is 0 Å². The van der Waals surface area contributed by atoms with Gasteiger partial charge in [0.15, 0.2) is 0 Å². The van der Waals surface area contributed by atoms with Gasteiger partial charge in [0, 0.05) is 0 Å². The van der Waals surface area contributed by atoms with Gasteiger partial charge in [0.05, 0.1) is 5.92 Å². The van der Waals surface area contributed by atoms with Crippen molar-refractivity contribution in [3.05, 3.63) is 0 Å². The van der Waals surface area contributed by atoms with Gasteiger partial charge in [0.1, 0.15) is 6.10 Å². The summed E-state index contributed by atoms with van der Waals surface area (Å²) >= 11 is 5.30. The first-order valence-corrected chi connectivity index (χ1v) is 3.96. The highest BCUT2D eigenvalue weighted by Crippen LogP contribution is 2.39. The van der Waals surface area contributed by atoms with E-state index in [1.54, 1.807) is 6.92 Å². The van der Waals surface area contributed by atoms with Crippen LogP contribution in [-0.4, -0.2) is 17.2 Å². The molecule has 4 heteroatoms. The number of carbonyl (C=O) groups excluding carboxylic acids is 1. The summed E-state index contributed by atoms with van der Waals surface area (Å²) in [4.78, 5) is 10.7. The number of carbonyl (C=O) groups is 1. The molecule has 0 spiro atoms. The molecule has 0 radical (unpaired) electrons. The molecule has 2 nitrogen and oxygen atoms in total. The van der Waals surface area contributed by atoms with E-state index in [2.05, 4.69) is 0 Å². The van der Waals surface area contributed by atoms with Gasteiger partial charge in [-0.1, -0.05) is 25.4 Å². The van der Waals surface area contributed by atoms with Crippen LogP contribution in [0.5, 0.6) is 0 Å². The monoisotopic (exact) mass is 180 g/mol. The molecule has 1 aliphatic rings. The minimum atomic E-state index is -2.30. The van der Waals surface area contributed by atoms with Gasteiger partial charge in [0.2, 0.25) is 0 Å². The number of halogens is 2. The van der Waals surface area contributed by atoms with Crippen LogP contribution in [-0.2, 0) is 9.53 Å².